The van der Waals surface area contributed by atoms with E-state index in [-0.39, 0.29) is 5.92 Å². The van der Waals surface area contributed by atoms with Crippen LogP contribution in [0.1, 0.15) is 49.7 Å². The highest BCUT2D eigenvalue weighted by Gasteiger charge is 2.11. The minimum Gasteiger partial charge on any atom is -0.496 e. The molecule has 1 aromatic rings. The summed E-state index contributed by atoms with van der Waals surface area (Å²) in [5.41, 5.74) is 3.66. The molecule has 2 nitrogen and oxygen atoms in total. The molecule has 94 valence electrons. The summed E-state index contributed by atoms with van der Waals surface area (Å²) in [6.07, 6.45) is 7.21. The molecule has 0 saturated heterocycles. The summed E-state index contributed by atoms with van der Waals surface area (Å²) < 4.78 is 5.40. The molecule has 1 unspecified atom stereocenters. The second-order valence-corrected chi connectivity index (χ2v) is 4.86. The van der Waals surface area contributed by atoms with Crippen molar-refractivity contribution in [3.63, 3.8) is 0 Å². The van der Waals surface area contributed by atoms with Crippen LogP contribution in [0.5, 0.6) is 5.75 Å². The lowest BCUT2D eigenvalue weighted by Crippen LogP contribution is -1.93. The zero-order valence-electron chi connectivity index (χ0n) is 11.1. The molecule has 1 fully saturated rings. The smallest absolute Gasteiger partial charge is 0.126 e. The highest BCUT2D eigenvalue weighted by molar-refractivity contribution is 5.61. The third-order valence-corrected chi connectivity index (χ3v) is 3.55. The third kappa shape index (κ3) is 2.73. The molecule has 0 aromatic heterocycles. The molecule has 0 bridgehead atoms. The van der Waals surface area contributed by atoms with Gasteiger partial charge in [-0.2, -0.15) is 5.26 Å². The monoisotopic (exact) mass is 241 g/mol. The highest BCUT2D eigenvalue weighted by Crippen LogP contribution is 2.31. The van der Waals surface area contributed by atoms with Gasteiger partial charge >= 0.3 is 0 Å². The van der Waals surface area contributed by atoms with Crippen molar-refractivity contribution < 1.29 is 4.74 Å². The van der Waals surface area contributed by atoms with Crippen molar-refractivity contribution in [2.75, 3.05) is 7.11 Å². The number of benzene rings is 1. The van der Waals surface area contributed by atoms with Crippen molar-refractivity contribution in [1.29, 1.82) is 5.26 Å². The van der Waals surface area contributed by atoms with Gasteiger partial charge in [-0.1, -0.05) is 17.7 Å². The van der Waals surface area contributed by atoms with Crippen LogP contribution >= 0.6 is 0 Å². The van der Waals surface area contributed by atoms with E-state index in [1.807, 2.05) is 19.1 Å². The topological polar surface area (TPSA) is 33.0 Å². The van der Waals surface area contributed by atoms with Crippen LogP contribution in [-0.2, 0) is 0 Å². The zero-order chi connectivity index (χ0) is 13.0. The van der Waals surface area contributed by atoms with Crippen LogP contribution in [0.3, 0.4) is 0 Å². The first-order chi connectivity index (χ1) is 8.74. The van der Waals surface area contributed by atoms with E-state index < -0.39 is 0 Å². The Labute approximate surface area is 109 Å². The largest absolute Gasteiger partial charge is 0.496 e. The molecule has 1 aliphatic carbocycles. The van der Waals surface area contributed by atoms with E-state index >= 15 is 0 Å². The maximum atomic E-state index is 8.99. The number of allylic oxidation sites excluding steroid dienone is 1. The third-order valence-electron chi connectivity index (χ3n) is 3.55. The molecule has 0 amide bonds. The van der Waals surface area contributed by atoms with Gasteiger partial charge < -0.3 is 4.74 Å². The van der Waals surface area contributed by atoms with Crippen LogP contribution in [0, 0.1) is 11.3 Å². The predicted octanol–water partition coefficient (Wildman–Crippen LogP) is 4.28. The minimum absolute atomic E-state index is 0.0726. The van der Waals surface area contributed by atoms with E-state index in [4.69, 9.17) is 10.00 Å². The van der Waals surface area contributed by atoms with Gasteiger partial charge in [-0.25, -0.2) is 0 Å². The molecule has 0 N–H and O–H groups in total. The van der Waals surface area contributed by atoms with Crippen LogP contribution in [0.15, 0.2) is 23.8 Å². The van der Waals surface area contributed by atoms with Gasteiger partial charge in [0.2, 0.25) is 0 Å². The van der Waals surface area contributed by atoms with Gasteiger partial charge in [-0.15, -0.1) is 0 Å². The fourth-order valence-electron chi connectivity index (χ4n) is 2.40. The lowest BCUT2D eigenvalue weighted by atomic mass is 9.98. The number of hydrogen-bond acceptors (Lipinski definition) is 2. The summed E-state index contributed by atoms with van der Waals surface area (Å²) in [6, 6.07) is 8.30. The Morgan fingerprint density at radius 3 is 2.67 bits per heavy atom. The van der Waals surface area contributed by atoms with E-state index in [0.29, 0.717) is 0 Å². The fraction of sp³-hybridized carbons (Fsp3) is 0.438. The average Bonchev–Trinajstić information content (AvgIpc) is 2.90. The Morgan fingerprint density at radius 2 is 2.06 bits per heavy atom. The van der Waals surface area contributed by atoms with Gasteiger partial charge in [0.15, 0.2) is 0 Å². The maximum absolute atomic E-state index is 8.99. The molecule has 2 heteroatoms. The summed E-state index contributed by atoms with van der Waals surface area (Å²) >= 11 is 0. The molecule has 0 radical (unpaired) electrons. The van der Waals surface area contributed by atoms with E-state index in [0.717, 1.165) is 16.9 Å². The average molecular weight is 241 g/mol. The van der Waals surface area contributed by atoms with Gasteiger partial charge in [-0.05, 0) is 50.3 Å². The first kappa shape index (κ1) is 12.7. The molecule has 1 atom stereocenters. The van der Waals surface area contributed by atoms with Gasteiger partial charge in [0.05, 0.1) is 19.1 Å². The van der Waals surface area contributed by atoms with Crippen molar-refractivity contribution in [3.8, 4) is 11.8 Å². The normalized spacial score (nSPS) is 16.2. The van der Waals surface area contributed by atoms with Crippen molar-refractivity contribution in [3.05, 3.63) is 34.9 Å². The predicted molar refractivity (Wildman–Crippen MR) is 73.5 cm³/mol. The first-order valence-electron chi connectivity index (χ1n) is 6.51. The Bertz CT molecular complexity index is 488. The molecule has 0 heterocycles. The van der Waals surface area contributed by atoms with Gasteiger partial charge in [0.1, 0.15) is 5.75 Å². The van der Waals surface area contributed by atoms with E-state index in [1.54, 1.807) is 7.11 Å². The zero-order valence-corrected chi connectivity index (χ0v) is 11.1. The van der Waals surface area contributed by atoms with Crippen molar-refractivity contribution in [1.82, 2.24) is 0 Å². The van der Waals surface area contributed by atoms with Gasteiger partial charge in [-0.3, -0.25) is 0 Å². The van der Waals surface area contributed by atoms with Crippen LogP contribution in [0.25, 0.3) is 6.08 Å². The number of nitrogens with zero attached hydrogens (tertiary/aromatic N) is 1. The second kappa shape index (κ2) is 5.73. The molecule has 2 rings (SSSR count). The number of rotatable bonds is 3. The van der Waals surface area contributed by atoms with Crippen LogP contribution < -0.4 is 4.74 Å². The summed E-state index contributed by atoms with van der Waals surface area (Å²) in [5.74, 6) is 0.819. The van der Waals surface area contributed by atoms with E-state index in [1.165, 1.54) is 31.3 Å². The minimum atomic E-state index is -0.0726. The van der Waals surface area contributed by atoms with Gasteiger partial charge in [0.25, 0.3) is 0 Å². The number of methoxy groups -OCH3 is 1. The van der Waals surface area contributed by atoms with Crippen molar-refractivity contribution in [2.45, 2.75) is 38.5 Å². The van der Waals surface area contributed by atoms with Crippen molar-refractivity contribution >= 4 is 6.08 Å². The van der Waals surface area contributed by atoms with Gasteiger partial charge in [0, 0.05) is 5.56 Å². The van der Waals surface area contributed by atoms with Crippen molar-refractivity contribution in [2.24, 2.45) is 0 Å². The highest BCUT2D eigenvalue weighted by atomic mass is 16.5. The van der Waals surface area contributed by atoms with E-state index in [9.17, 15) is 0 Å². The Hall–Kier alpha value is -1.75. The Balaban J connectivity index is 2.36. The molecule has 1 aromatic carbocycles. The Kier molecular flexibility index (Phi) is 4.04. The summed E-state index contributed by atoms with van der Waals surface area (Å²) in [6.45, 7) is 1.92. The summed E-state index contributed by atoms with van der Waals surface area (Å²) in [7, 11) is 1.69. The molecule has 1 saturated carbocycles. The van der Waals surface area contributed by atoms with E-state index in [2.05, 4.69) is 18.2 Å². The second-order valence-electron chi connectivity index (χ2n) is 4.86. The lowest BCUT2D eigenvalue weighted by Gasteiger charge is -2.10. The quantitative estimate of drug-likeness (QED) is 0.791. The number of ether oxygens (including phenoxy) is 1. The molecule has 0 spiro atoms. The first-order valence-corrected chi connectivity index (χ1v) is 6.51. The number of hydrogen-bond donors (Lipinski definition) is 0. The van der Waals surface area contributed by atoms with Crippen LogP contribution in [0.4, 0.5) is 0 Å². The molecule has 18 heavy (non-hydrogen) atoms. The van der Waals surface area contributed by atoms with Crippen LogP contribution in [-0.4, -0.2) is 7.11 Å². The molecule has 1 aliphatic rings. The lowest BCUT2D eigenvalue weighted by molar-refractivity contribution is 0.413. The number of nitriles is 1. The summed E-state index contributed by atoms with van der Waals surface area (Å²) in [4.78, 5) is 0. The fourth-order valence-corrected chi connectivity index (χ4v) is 2.40. The summed E-state index contributed by atoms with van der Waals surface area (Å²) in [5, 5.41) is 8.99. The molecule has 0 aliphatic heterocycles. The molecular weight excluding hydrogens is 222 g/mol. The standard InChI is InChI=1S/C16H19NO/c1-12(11-17)14-7-8-16(18-2)15(10-14)9-13-5-3-4-6-13/h7-10,12H,3-6H2,1-2H3. The maximum Gasteiger partial charge on any atom is 0.126 e. The van der Waals surface area contributed by atoms with Crippen LogP contribution in [0.2, 0.25) is 0 Å². The molecular formula is C16H19NO. The SMILES string of the molecule is COc1ccc(C(C)C#N)cc1C=C1CCCC1. The Morgan fingerprint density at radius 1 is 1.33 bits per heavy atom.